The van der Waals surface area contributed by atoms with Crippen LogP contribution in [0.1, 0.15) is 0 Å². The summed E-state index contributed by atoms with van der Waals surface area (Å²) in [4.78, 5) is 17.7. The second-order valence-corrected chi connectivity index (χ2v) is 7.22. The van der Waals surface area contributed by atoms with Crippen LogP contribution in [0.15, 0.2) is 83.9 Å². The van der Waals surface area contributed by atoms with Crippen LogP contribution in [0.5, 0.6) is 5.88 Å². The van der Waals surface area contributed by atoms with Gasteiger partial charge in [-0.25, -0.2) is 18.2 Å². The van der Waals surface area contributed by atoms with Crippen LogP contribution in [0.2, 0.25) is 0 Å². The van der Waals surface area contributed by atoms with Gasteiger partial charge in [-0.05, 0) is 36.4 Å². The summed E-state index contributed by atoms with van der Waals surface area (Å²) in [5.74, 6) is -0.134. The molecule has 3 rings (SSSR count). The van der Waals surface area contributed by atoms with Crippen LogP contribution >= 0.6 is 0 Å². The second-order valence-electron chi connectivity index (χ2n) is 5.54. The Hall–Kier alpha value is -3.39. The first-order valence-corrected chi connectivity index (χ1v) is 9.49. The molecule has 1 amide bonds. The summed E-state index contributed by atoms with van der Waals surface area (Å²) < 4.78 is 32.7. The second kappa shape index (κ2) is 7.88. The van der Waals surface area contributed by atoms with E-state index in [1.165, 1.54) is 29.3 Å². The van der Waals surface area contributed by atoms with Gasteiger partial charge in [-0.3, -0.25) is 9.62 Å². The first kappa shape index (κ1) is 18.4. The monoisotopic (exact) mass is 383 g/mol. The molecule has 3 aromatic rings. The summed E-state index contributed by atoms with van der Waals surface area (Å²) in [6.07, 6.45) is 0.714. The number of nitrogens with one attached hydrogen (secondary N) is 1. The summed E-state index contributed by atoms with van der Waals surface area (Å²) >= 11 is 0. The zero-order valence-electron chi connectivity index (χ0n) is 14.4. The molecule has 7 nitrogen and oxygen atoms in total. The van der Waals surface area contributed by atoms with E-state index in [1.807, 2.05) is 6.07 Å². The molecule has 1 aromatic heterocycles. The molecule has 0 fully saturated rings. The average Bonchev–Trinajstić information content (AvgIpc) is 2.70. The number of carbonyl (C=O) groups is 1. The number of amides is 1. The SMILES string of the molecule is CN(C(=O)Oc1ncccc1NS(=O)(=O)c1ccccc1)c1ccccc1. The van der Waals surface area contributed by atoms with Crippen molar-refractivity contribution in [2.75, 3.05) is 16.7 Å². The van der Waals surface area contributed by atoms with Gasteiger partial charge in [0.1, 0.15) is 5.69 Å². The quantitative estimate of drug-likeness (QED) is 0.728. The Morgan fingerprint density at radius 3 is 2.26 bits per heavy atom. The Kier molecular flexibility index (Phi) is 5.37. The molecule has 1 N–H and O–H groups in total. The maximum atomic E-state index is 12.5. The van der Waals surface area contributed by atoms with Crippen LogP contribution in [0.3, 0.4) is 0 Å². The minimum atomic E-state index is -3.84. The summed E-state index contributed by atoms with van der Waals surface area (Å²) in [7, 11) is -2.29. The van der Waals surface area contributed by atoms with Gasteiger partial charge in [-0.2, -0.15) is 0 Å². The van der Waals surface area contributed by atoms with Crippen molar-refractivity contribution >= 4 is 27.5 Å². The van der Waals surface area contributed by atoms with Gasteiger partial charge >= 0.3 is 6.09 Å². The highest BCUT2D eigenvalue weighted by Crippen LogP contribution is 2.25. The third-order valence-corrected chi connectivity index (χ3v) is 5.05. The predicted octanol–water partition coefficient (Wildman–Crippen LogP) is 3.52. The number of rotatable bonds is 5. The van der Waals surface area contributed by atoms with Crippen molar-refractivity contribution in [2.45, 2.75) is 4.90 Å². The summed E-state index contributed by atoms with van der Waals surface area (Å²) in [5, 5.41) is 0. The molecule has 0 radical (unpaired) electrons. The average molecular weight is 383 g/mol. The lowest BCUT2D eigenvalue weighted by Gasteiger charge is -2.17. The summed E-state index contributed by atoms with van der Waals surface area (Å²) in [5.41, 5.74) is 0.695. The Balaban J connectivity index is 1.81. The molecular formula is C19H17N3O4S. The standard InChI is InChI=1S/C19H17N3O4S/c1-22(15-9-4-2-5-10-15)19(23)26-18-17(13-8-14-20-18)21-27(24,25)16-11-6-3-7-12-16/h2-14,21H,1H3. The van der Waals surface area contributed by atoms with Gasteiger partial charge in [0.25, 0.3) is 10.0 Å². The molecule has 0 aliphatic heterocycles. The van der Waals surface area contributed by atoms with Gasteiger partial charge in [0.15, 0.2) is 0 Å². The van der Waals surface area contributed by atoms with Gasteiger partial charge in [-0.15, -0.1) is 0 Å². The molecule has 1 heterocycles. The molecule has 0 bridgehead atoms. The van der Waals surface area contributed by atoms with Crippen molar-refractivity contribution < 1.29 is 17.9 Å². The molecule has 0 saturated heterocycles. The molecule has 0 saturated carbocycles. The number of ether oxygens (including phenoxy) is 1. The van der Waals surface area contributed by atoms with E-state index in [-0.39, 0.29) is 16.5 Å². The Labute approximate surface area is 157 Å². The van der Waals surface area contributed by atoms with Gasteiger partial charge in [0.05, 0.1) is 4.90 Å². The molecular weight excluding hydrogens is 366 g/mol. The molecule has 2 aromatic carbocycles. The summed E-state index contributed by atoms with van der Waals surface area (Å²) in [6, 6.07) is 19.8. The largest absolute Gasteiger partial charge is 0.420 e. The van der Waals surface area contributed by atoms with Crippen molar-refractivity contribution in [1.29, 1.82) is 0 Å². The van der Waals surface area contributed by atoms with Crippen LogP contribution in [0.4, 0.5) is 16.2 Å². The Bertz CT molecular complexity index is 1030. The molecule has 0 aliphatic rings. The number of sulfonamides is 1. The normalized spacial score (nSPS) is 10.9. The van der Waals surface area contributed by atoms with Crippen LogP contribution in [-0.2, 0) is 10.0 Å². The molecule has 0 atom stereocenters. The van der Waals surface area contributed by atoms with Crippen molar-refractivity contribution in [3.05, 3.63) is 79.0 Å². The van der Waals surface area contributed by atoms with E-state index in [2.05, 4.69) is 9.71 Å². The fraction of sp³-hybridized carbons (Fsp3) is 0.0526. The highest BCUT2D eigenvalue weighted by atomic mass is 32.2. The van der Waals surface area contributed by atoms with Crippen molar-refractivity contribution in [3.63, 3.8) is 0 Å². The number of hydrogen-bond acceptors (Lipinski definition) is 5. The van der Waals surface area contributed by atoms with E-state index < -0.39 is 16.1 Å². The highest BCUT2D eigenvalue weighted by Gasteiger charge is 2.20. The minimum absolute atomic E-state index is 0.0659. The van der Waals surface area contributed by atoms with Crippen molar-refractivity contribution in [1.82, 2.24) is 4.98 Å². The Morgan fingerprint density at radius 2 is 1.59 bits per heavy atom. The molecule has 138 valence electrons. The Morgan fingerprint density at radius 1 is 0.963 bits per heavy atom. The third-order valence-electron chi connectivity index (χ3n) is 3.67. The number of carbonyl (C=O) groups excluding carboxylic acids is 1. The minimum Gasteiger partial charge on any atom is -0.389 e. The first-order valence-electron chi connectivity index (χ1n) is 8.01. The molecule has 27 heavy (non-hydrogen) atoms. The van der Waals surface area contributed by atoms with Gasteiger partial charge < -0.3 is 4.74 Å². The zero-order valence-corrected chi connectivity index (χ0v) is 15.3. The maximum absolute atomic E-state index is 12.5. The number of aromatic nitrogens is 1. The predicted molar refractivity (Wildman–Crippen MR) is 102 cm³/mol. The van der Waals surface area contributed by atoms with E-state index >= 15 is 0 Å². The van der Waals surface area contributed by atoms with E-state index in [1.54, 1.807) is 55.6 Å². The smallest absolute Gasteiger partial charge is 0.389 e. The lowest BCUT2D eigenvalue weighted by molar-refractivity contribution is 0.207. The third kappa shape index (κ3) is 4.42. The number of pyridine rings is 1. The molecule has 0 spiro atoms. The number of anilines is 2. The van der Waals surface area contributed by atoms with E-state index in [0.717, 1.165) is 0 Å². The van der Waals surface area contributed by atoms with E-state index in [0.29, 0.717) is 5.69 Å². The lowest BCUT2D eigenvalue weighted by Crippen LogP contribution is -2.30. The van der Waals surface area contributed by atoms with Crippen LogP contribution in [-0.4, -0.2) is 26.5 Å². The maximum Gasteiger partial charge on any atom is 0.420 e. The van der Waals surface area contributed by atoms with Crippen LogP contribution < -0.4 is 14.4 Å². The number of nitrogens with zero attached hydrogens (tertiary/aromatic N) is 2. The van der Waals surface area contributed by atoms with Gasteiger partial charge in [0, 0.05) is 18.9 Å². The number of para-hydroxylation sites is 1. The van der Waals surface area contributed by atoms with Crippen molar-refractivity contribution in [2.24, 2.45) is 0 Å². The first-order chi connectivity index (χ1) is 13.0. The van der Waals surface area contributed by atoms with E-state index in [4.69, 9.17) is 4.74 Å². The van der Waals surface area contributed by atoms with Crippen molar-refractivity contribution in [3.8, 4) is 5.88 Å². The highest BCUT2D eigenvalue weighted by molar-refractivity contribution is 7.92. The molecule has 8 heteroatoms. The van der Waals surface area contributed by atoms with E-state index in [9.17, 15) is 13.2 Å². The molecule has 0 unspecified atom stereocenters. The van der Waals surface area contributed by atoms with Crippen LogP contribution in [0, 0.1) is 0 Å². The van der Waals surface area contributed by atoms with Gasteiger partial charge in [0.2, 0.25) is 5.88 Å². The van der Waals surface area contributed by atoms with Gasteiger partial charge in [-0.1, -0.05) is 36.4 Å². The topological polar surface area (TPSA) is 88.6 Å². The number of hydrogen-bond donors (Lipinski definition) is 1. The zero-order chi connectivity index (χ0) is 19.3. The summed E-state index contributed by atoms with van der Waals surface area (Å²) in [6.45, 7) is 0. The fourth-order valence-electron chi connectivity index (χ4n) is 2.26. The number of benzene rings is 2. The molecule has 0 aliphatic carbocycles. The fourth-order valence-corrected chi connectivity index (χ4v) is 3.34. The lowest BCUT2D eigenvalue weighted by atomic mass is 10.3. The van der Waals surface area contributed by atoms with Crippen LogP contribution in [0.25, 0.3) is 0 Å².